The molecule has 3 rings (SSSR count). The highest BCUT2D eigenvalue weighted by Crippen LogP contribution is 2.33. The first-order valence-electron chi connectivity index (χ1n) is 7.08. The summed E-state index contributed by atoms with van der Waals surface area (Å²) in [5.41, 5.74) is 0.709. The Labute approximate surface area is 122 Å². The van der Waals surface area contributed by atoms with E-state index in [1.165, 1.54) is 12.1 Å². The zero-order valence-electron chi connectivity index (χ0n) is 12.0. The van der Waals surface area contributed by atoms with E-state index in [2.05, 4.69) is 28.9 Å². The molecule has 2 heterocycles. The minimum absolute atomic E-state index is 0.0679. The van der Waals surface area contributed by atoms with E-state index < -0.39 is 0 Å². The van der Waals surface area contributed by atoms with Gasteiger partial charge in [0.25, 0.3) is 0 Å². The number of β-amino-alcohol motifs (C(OH)–C–C–N with tert-alkyl or cyclic N) is 1. The molecule has 112 valence electrons. The van der Waals surface area contributed by atoms with E-state index in [0.29, 0.717) is 30.2 Å². The van der Waals surface area contributed by atoms with Crippen LogP contribution in [0.1, 0.15) is 32.2 Å². The summed E-state index contributed by atoms with van der Waals surface area (Å²) < 4.78 is 18.3. The van der Waals surface area contributed by atoms with Gasteiger partial charge in [-0.15, -0.1) is 0 Å². The van der Waals surface area contributed by atoms with E-state index in [4.69, 9.17) is 4.52 Å². The zero-order chi connectivity index (χ0) is 15.0. The van der Waals surface area contributed by atoms with Gasteiger partial charge in [-0.3, -0.25) is 4.90 Å². The van der Waals surface area contributed by atoms with Gasteiger partial charge in [-0.25, -0.2) is 4.39 Å². The van der Waals surface area contributed by atoms with Crippen LogP contribution < -0.4 is 0 Å². The van der Waals surface area contributed by atoms with E-state index in [-0.39, 0.29) is 24.0 Å². The molecule has 0 aliphatic carbocycles. The Morgan fingerprint density at radius 1 is 1.33 bits per heavy atom. The Morgan fingerprint density at radius 2 is 2.05 bits per heavy atom. The van der Waals surface area contributed by atoms with Gasteiger partial charge in [-0.2, -0.15) is 4.98 Å². The van der Waals surface area contributed by atoms with Crippen LogP contribution in [0.25, 0.3) is 11.4 Å². The summed E-state index contributed by atoms with van der Waals surface area (Å²) in [5.74, 6) is 0.641. The van der Waals surface area contributed by atoms with Gasteiger partial charge in [-0.1, -0.05) is 5.16 Å². The lowest BCUT2D eigenvalue weighted by atomic mass is 10.2. The van der Waals surface area contributed by atoms with Gasteiger partial charge in [0.15, 0.2) is 0 Å². The van der Waals surface area contributed by atoms with E-state index in [1.54, 1.807) is 12.1 Å². The average molecular weight is 291 g/mol. The summed E-state index contributed by atoms with van der Waals surface area (Å²) in [6.07, 6.45) is 0.210. The average Bonchev–Trinajstić information content (AvgIpc) is 3.06. The first kappa shape index (κ1) is 14.2. The topological polar surface area (TPSA) is 62.4 Å². The third-order valence-corrected chi connectivity index (χ3v) is 3.81. The molecule has 2 atom stereocenters. The zero-order valence-corrected chi connectivity index (χ0v) is 12.0. The van der Waals surface area contributed by atoms with Gasteiger partial charge in [-0.05, 0) is 44.5 Å². The van der Waals surface area contributed by atoms with E-state index >= 15 is 0 Å². The standard InChI is InChI=1S/C15H18FN3O2/c1-9(2)19-8-12(20)7-13(19)15-17-14(18-21-15)10-3-5-11(16)6-4-10/h3-6,9,12-13,20H,7-8H2,1-2H3/t12-,13+/m1/s1. The van der Waals surface area contributed by atoms with E-state index in [9.17, 15) is 9.50 Å². The molecule has 2 aromatic rings. The molecule has 0 amide bonds. The predicted octanol–water partition coefficient (Wildman–Crippen LogP) is 2.39. The van der Waals surface area contributed by atoms with Gasteiger partial charge < -0.3 is 9.63 Å². The van der Waals surface area contributed by atoms with E-state index in [1.807, 2.05) is 0 Å². The SMILES string of the molecule is CC(C)N1C[C@H](O)C[C@H]1c1nc(-c2ccc(F)cc2)no1. The van der Waals surface area contributed by atoms with Gasteiger partial charge in [0, 0.05) is 18.2 Å². The van der Waals surface area contributed by atoms with Gasteiger partial charge in [0.05, 0.1) is 12.1 Å². The largest absolute Gasteiger partial charge is 0.392 e. The molecular weight excluding hydrogens is 273 g/mol. The van der Waals surface area contributed by atoms with Crippen molar-refractivity contribution >= 4 is 0 Å². The molecule has 0 radical (unpaired) electrons. The van der Waals surface area contributed by atoms with Crippen LogP contribution in [-0.2, 0) is 0 Å². The summed E-state index contributed by atoms with van der Waals surface area (Å²) >= 11 is 0. The maximum absolute atomic E-state index is 12.9. The summed E-state index contributed by atoms with van der Waals surface area (Å²) in [7, 11) is 0. The quantitative estimate of drug-likeness (QED) is 0.940. The van der Waals surface area contributed by atoms with Crippen LogP contribution in [0.3, 0.4) is 0 Å². The van der Waals surface area contributed by atoms with Crippen molar-refractivity contribution in [2.24, 2.45) is 0 Å². The molecule has 1 aliphatic heterocycles. The summed E-state index contributed by atoms with van der Waals surface area (Å²) in [6, 6.07) is 6.19. The molecule has 1 N–H and O–H groups in total. The fourth-order valence-corrected chi connectivity index (χ4v) is 2.74. The van der Waals surface area contributed by atoms with Crippen molar-refractivity contribution < 1.29 is 14.0 Å². The number of hydrogen-bond donors (Lipinski definition) is 1. The second-order valence-electron chi connectivity index (χ2n) is 5.66. The molecule has 0 bridgehead atoms. The highest BCUT2D eigenvalue weighted by Gasteiger charge is 2.37. The summed E-state index contributed by atoms with van der Waals surface area (Å²) in [6.45, 7) is 4.75. The molecule has 0 spiro atoms. The smallest absolute Gasteiger partial charge is 0.244 e. The third-order valence-electron chi connectivity index (χ3n) is 3.81. The Kier molecular flexibility index (Phi) is 3.73. The minimum Gasteiger partial charge on any atom is -0.392 e. The van der Waals surface area contributed by atoms with Crippen LogP contribution in [0.15, 0.2) is 28.8 Å². The van der Waals surface area contributed by atoms with Crippen LogP contribution in [0, 0.1) is 5.82 Å². The van der Waals surface area contributed by atoms with Crippen molar-refractivity contribution in [1.82, 2.24) is 15.0 Å². The van der Waals surface area contributed by atoms with Crippen molar-refractivity contribution in [3.8, 4) is 11.4 Å². The minimum atomic E-state index is -0.376. The van der Waals surface area contributed by atoms with Crippen molar-refractivity contribution in [2.45, 2.75) is 38.5 Å². The van der Waals surface area contributed by atoms with Crippen molar-refractivity contribution in [1.29, 1.82) is 0 Å². The normalized spacial score (nSPS) is 23.1. The Morgan fingerprint density at radius 3 is 2.71 bits per heavy atom. The molecule has 1 aromatic carbocycles. The lowest BCUT2D eigenvalue weighted by Gasteiger charge is -2.25. The first-order valence-corrected chi connectivity index (χ1v) is 7.08. The Balaban J connectivity index is 1.86. The molecule has 1 aromatic heterocycles. The van der Waals surface area contributed by atoms with Crippen LogP contribution in [0.5, 0.6) is 0 Å². The van der Waals surface area contributed by atoms with Crippen LogP contribution >= 0.6 is 0 Å². The highest BCUT2D eigenvalue weighted by atomic mass is 19.1. The number of likely N-dealkylation sites (tertiary alicyclic amines) is 1. The molecule has 1 saturated heterocycles. The fourth-order valence-electron chi connectivity index (χ4n) is 2.74. The molecule has 1 fully saturated rings. The van der Waals surface area contributed by atoms with Gasteiger partial charge in [0.2, 0.25) is 11.7 Å². The molecule has 1 aliphatic rings. The van der Waals surface area contributed by atoms with Gasteiger partial charge >= 0.3 is 0 Å². The maximum Gasteiger partial charge on any atom is 0.244 e. The predicted molar refractivity (Wildman–Crippen MR) is 74.9 cm³/mol. The first-order chi connectivity index (χ1) is 10.0. The lowest BCUT2D eigenvalue weighted by molar-refractivity contribution is 0.150. The fraction of sp³-hybridized carbons (Fsp3) is 0.467. The molecular formula is C15H18FN3O2. The summed E-state index contributed by atoms with van der Waals surface area (Å²) in [4.78, 5) is 6.55. The number of aliphatic hydroxyl groups is 1. The highest BCUT2D eigenvalue weighted by molar-refractivity contribution is 5.53. The summed E-state index contributed by atoms with van der Waals surface area (Å²) in [5, 5.41) is 13.8. The van der Waals surface area contributed by atoms with Crippen molar-refractivity contribution in [3.05, 3.63) is 36.0 Å². The lowest BCUT2D eigenvalue weighted by Crippen LogP contribution is -2.31. The number of nitrogens with zero attached hydrogens (tertiary/aromatic N) is 3. The number of rotatable bonds is 3. The molecule has 6 heteroatoms. The number of halogens is 1. The van der Waals surface area contributed by atoms with Gasteiger partial charge in [0.1, 0.15) is 5.82 Å². The van der Waals surface area contributed by atoms with Crippen LogP contribution in [0.4, 0.5) is 4.39 Å². The number of hydrogen-bond acceptors (Lipinski definition) is 5. The maximum atomic E-state index is 12.9. The molecule has 21 heavy (non-hydrogen) atoms. The van der Waals surface area contributed by atoms with Crippen molar-refractivity contribution in [2.75, 3.05) is 6.54 Å². The Hall–Kier alpha value is -1.79. The Bertz CT molecular complexity index is 612. The number of benzene rings is 1. The third kappa shape index (κ3) is 2.82. The van der Waals surface area contributed by atoms with E-state index in [0.717, 1.165) is 0 Å². The monoisotopic (exact) mass is 291 g/mol. The molecule has 0 unspecified atom stereocenters. The number of aromatic nitrogens is 2. The second-order valence-corrected chi connectivity index (χ2v) is 5.66. The van der Waals surface area contributed by atoms with Crippen LogP contribution in [0.2, 0.25) is 0 Å². The van der Waals surface area contributed by atoms with Crippen LogP contribution in [-0.4, -0.2) is 38.8 Å². The second kappa shape index (κ2) is 5.54. The number of aliphatic hydroxyl groups excluding tert-OH is 1. The molecule has 0 saturated carbocycles. The van der Waals surface area contributed by atoms with Crippen molar-refractivity contribution in [3.63, 3.8) is 0 Å². The molecule has 5 nitrogen and oxygen atoms in total.